The van der Waals surface area contributed by atoms with Crippen LogP contribution in [0.5, 0.6) is 0 Å². The first-order valence-corrected chi connectivity index (χ1v) is 35.4. The molecule has 544 valence electrons. The normalized spacial score (nSPS) is 27.3. The largest absolute Gasteiger partial charge is 0.465 e. The number of ether oxygens (including phenoxy) is 17. The van der Waals surface area contributed by atoms with Gasteiger partial charge in [0.05, 0.1) is 48.7 Å². The topological polar surface area (TPSA) is 403 Å². The lowest BCUT2D eigenvalue weighted by atomic mass is 9.86. The van der Waals surface area contributed by atoms with Crippen molar-refractivity contribution in [2.45, 2.75) is 197 Å². The van der Waals surface area contributed by atoms with Crippen molar-refractivity contribution < 1.29 is 143 Å². The highest BCUT2D eigenvalue weighted by molar-refractivity contribution is 6.76. The fourth-order valence-electron chi connectivity index (χ4n) is 11.6. The SMILES string of the molecule is COC(=O)[C@@]1(O[C@H]2[C@@H](OC(=O)c3ccccc3)[C@@H](COC(=O)c3ccccc3)O[C@@H](OCC[Si](C)(C)C)[C@@H]2OC(=O)c2ccccc2)C[C@H](OC(C)=O)[C@@H](NC(C)=O)[C@H]([C@H](OC(C)=O)[C@H]2COC(=O)[C@]3(C[C@H](OC(C)=O)[C@@H](NC(C)=O)[C@H]([C@H](OC(C)=O)[C@@H](COC(C)=O)OC(C)=O)O3)O2)O1. The van der Waals surface area contributed by atoms with Gasteiger partial charge in [-0.05, 0) is 42.4 Å². The summed E-state index contributed by atoms with van der Waals surface area (Å²) in [5.41, 5.74) is -0.0460. The van der Waals surface area contributed by atoms with Gasteiger partial charge in [-0.1, -0.05) is 74.2 Å². The first-order chi connectivity index (χ1) is 47.2. The molecule has 2 amide bonds. The molecule has 4 aliphatic heterocycles. The Bertz CT molecular complexity index is 3450. The van der Waals surface area contributed by atoms with E-state index in [0.717, 1.165) is 62.5 Å². The molecule has 0 aliphatic carbocycles. The molecule has 17 atom stereocenters. The average Bonchev–Trinajstić information content (AvgIpc) is 0.735. The Morgan fingerprint density at radius 2 is 1.07 bits per heavy atom. The summed E-state index contributed by atoms with van der Waals surface area (Å²) in [4.78, 5) is 179. The highest BCUT2D eigenvalue weighted by Gasteiger charge is 2.67. The third-order valence-corrected chi connectivity index (χ3v) is 17.4. The fourth-order valence-corrected chi connectivity index (χ4v) is 12.3. The van der Waals surface area contributed by atoms with Crippen molar-refractivity contribution in [3.63, 3.8) is 0 Å². The minimum absolute atomic E-state index is 0.0510. The van der Waals surface area contributed by atoms with Crippen LogP contribution in [0.3, 0.4) is 0 Å². The number of benzene rings is 3. The lowest BCUT2D eigenvalue weighted by Gasteiger charge is -2.53. The van der Waals surface area contributed by atoms with E-state index in [2.05, 4.69) is 10.6 Å². The number of nitrogens with one attached hydrogen (secondary N) is 2. The number of rotatable bonds is 27. The standard InChI is InChI=1S/C67H82N2O30Si/c1-35(70)68-51-47(89-39(5)74)31-67(98-56(51)53(91-41(7)76)48(90-40(6)75)32-85-37(3)72)65(82)87-34-50(96-67)55(92-42(8)77)57-52(69-36(2)71)46(88-38(4)73)30-66(97-57,64(81)83-9)99-58-54(94-61(79)44-24-18-14-19-25-44)49(33-86-60(78)43-22-16-13-17-23-43)93-63(84-28-29-100(10,11)12)59(58)95-62(80)45-26-20-15-21-27-45/h13-27,46-59,63H,28-34H2,1-12H3,(H,68,70)(H,69,71)/t46-,47-,48+,49+,50+,51+,52+,53+,54-,55+,56+,57+,58-,59+,63+,66-,67+/m0/s1. The van der Waals surface area contributed by atoms with E-state index in [1.807, 2.05) is 19.6 Å². The molecule has 0 bridgehead atoms. The van der Waals surface area contributed by atoms with Gasteiger partial charge in [0.15, 0.2) is 36.8 Å². The van der Waals surface area contributed by atoms with Crippen molar-refractivity contribution >= 4 is 85.6 Å². The van der Waals surface area contributed by atoms with Crippen molar-refractivity contribution in [2.75, 3.05) is 33.5 Å². The Balaban J connectivity index is 1.46. The maximum Gasteiger partial charge on any atom is 0.367 e. The molecule has 2 N–H and O–H groups in total. The second kappa shape index (κ2) is 34.7. The van der Waals surface area contributed by atoms with Gasteiger partial charge < -0.3 is 91.2 Å². The van der Waals surface area contributed by atoms with Crippen molar-refractivity contribution in [3.8, 4) is 0 Å². The Morgan fingerprint density at radius 3 is 1.56 bits per heavy atom. The number of amides is 2. The second-order valence-electron chi connectivity index (χ2n) is 24.9. The van der Waals surface area contributed by atoms with E-state index in [-0.39, 0.29) is 23.3 Å². The number of esters is 11. The summed E-state index contributed by atoms with van der Waals surface area (Å²) in [6.07, 6.45) is -27.7. The van der Waals surface area contributed by atoms with Crippen LogP contribution in [0.25, 0.3) is 0 Å². The predicted molar refractivity (Wildman–Crippen MR) is 338 cm³/mol. The van der Waals surface area contributed by atoms with Crippen LogP contribution >= 0.6 is 0 Å². The molecule has 7 rings (SSSR count). The Morgan fingerprint density at radius 1 is 0.560 bits per heavy atom. The van der Waals surface area contributed by atoms with Crippen LogP contribution in [-0.2, 0) is 128 Å². The van der Waals surface area contributed by atoms with Crippen LogP contribution in [0.15, 0.2) is 91.0 Å². The van der Waals surface area contributed by atoms with Crippen molar-refractivity contribution in [2.24, 2.45) is 0 Å². The first kappa shape index (κ1) is 78.1. The molecule has 0 radical (unpaired) electrons. The average molecular weight is 1420 g/mol. The minimum Gasteiger partial charge on any atom is -0.465 e. The zero-order valence-electron chi connectivity index (χ0n) is 57.0. The van der Waals surface area contributed by atoms with Gasteiger partial charge in [0, 0.05) is 70.1 Å². The van der Waals surface area contributed by atoms with E-state index >= 15 is 4.79 Å². The molecular weight excluding hydrogens is 1340 g/mol. The minimum atomic E-state index is -3.19. The highest BCUT2D eigenvalue weighted by Crippen LogP contribution is 2.45. The molecular formula is C67H82N2O30Si. The fraction of sp³-hybridized carbons (Fsp3) is 0.537. The van der Waals surface area contributed by atoms with Gasteiger partial charge in [-0.25, -0.2) is 24.0 Å². The molecule has 4 heterocycles. The molecule has 4 fully saturated rings. The van der Waals surface area contributed by atoms with Crippen LogP contribution in [0.1, 0.15) is 99.3 Å². The number of hydrogen-bond acceptors (Lipinski definition) is 30. The molecule has 1 spiro atoms. The number of carbonyl (C=O) groups excluding carboxylic acids is 13. The van der Waals surface area contributed by atoms with Gasteiger partial charge in [-0.2, -0.15) is 0 Å². The number of methoxy groups -OCH3 is 1. The lowest BCUT2D eigenvalue weighted by Crippen LogP contribution is -2.74. The molecule has 33 heteroatoms. The zero-order valence-corrected chi connectivity index (χ0v) is 58.0. The van der Waals surface area contributed by atoms with Crippen molar-refractivity contribution in [1.82, 2.24) is 10.6 Å². The summed E-state index contributed by atoms with van der Waals surface area (Å²) in [5.74, 6) is -20.2. The maximum atomic E-state index is 15.5. The maximum absolute atomic E-state index is 15.5. The number of hydrogen-bond donors (Lipinski definition) is 2. The van der Waals surface area contributed by atoms with Crippen LogP contribution in [0.4, 0.5) is 0 Å². The molecule has 0 unspecified atom stereocenters. The smallest absolute Gasteiger partial charge is 0.367 e. The van der Waals surface area contributed by atoms with E-state index in [9.17, 15) is 57.5 Å². The van der Waals surface area contributed by atoms with E-state index in [1.54, 1.807) is 30.3 Å². The Labute approximate surface area is 575 Å². The molecule has 0 aromatic heterocycles. The van der Waals surface area contributed by atoms with Gasteiger partial charge in [0.2, 0.25) is 11.8 Å². The highest BCUT2D eigenvalue weighted by atomic mass is 28.3. The second-order valence-corrected chi connectivity index (χ2v) is 30.5. The molecule has 4 aliphatic rings. The Kier molecular flexibility index (Phi) is 27.1. The van der Waals surface area contributed by atoms with E-state index < -0.39 is 221 Å². The summed E-state index contributed by atoms with van der Waals surface area (Å²) < 4.78 is 104. The van der Waals surface area contributed by atoms with Crippen LogP contribution in [0.2, 0.25) is 25.7 Å². The molecule has 3 aromatic rings. The monoisotopic (exact) mass is 1420 g/mol. The van der Waals surface area contributed by atoms with Crippen LogP contribution < -0.4 is 10.6 Å². The number of carbonyl (C=O) groups is 13. The van der Waals surface area contributed by atoms with Gasteiger partial charge >= 0.3 is 65.7 Å². The zero-order chi connectivity index (χ0) is 73.4. The quantitative estimate of drug-likeness (QED) is 0.0629. The van der Waals surface area contributed by atoms with E-state index in [4.69, 9.17) is 80.5 Å². The summed E-state index contributed by atoms with van der Waals surface area (Å²) >= 11 is 0. The lowest BCUT2D eigenvalue weighted by molar-refractivity contribution is -0.378. The molecule has 4 saturated heterocycles. The van der Waals surface area contributed by atoms with Crippen LogP contribution in [0, 0.1) is 0 Å². The van der Waals surface area contributed by atoms with Gasteiger partial charge in [-0.3, -0.25) is 38.4 Å². The summed E-state index contributed by atoms with van der Waals surface area (Å²) in [6.45, 7) is 11.1. The number of cyclic esters (lactones) is 1. The summed E-state index contributed by atoms with van der Waals surface area (Å²) in [5, 5.41) is 5.15. The van der Waals surface area contributed by atoms with E-state index in [1.165, 1.54) is 60.7 Å². The van der Waals surface area contributed by atoms with Crippen molar-refractivity contribution in [1.29, 1.82) is 0 Å². The van der Waals surface area contributed by atoms with Gasteiger partial charge in [0.25, 0.3) is 11.6 Å². The van der Waals surface area contributed by atoms with Gasteiger partial charge in [0.1, 0.15) is 62.5 Å². The van der Waals surface area contributed by atoms with E-state index in [0.29, 0.717) is 6.04 Å². The molecule has 3 aromatic carbocycles. The molecule has 100 heavy (non-hydrogen) atoms. The molecule has 32 nitrogen and oxygen atoms in total. The Hall–Kier alpha value is -9.25. The van der Waals surface area contributed by atoms with Crippen LogP contribution in [-0.4, -0.2) is 222 Å². The predicted octanol–water partition coefficient (Wildman–Crippen LogP) is 3.08. The summed E-state index contributed by atoms with van der Waals surface area (Å²) in [7, 11) is -1.14. The third kappa shape index (κ3) is 20.9. The van der Waals surface area contributed by atoms with Gasteiger partial charge in [-0.15, -0.1) is 0 Å². The molecule has 0 saturated carbocycles. The van der Waals surface area contributed by atoms with Crippen molar-refractivity contribution in [3.05, 3.63) is 108 Å². The summed E-state index contributed by atoms with van der Waals surface area (Å²) in [6, 6.07) is 19.6. The first-order valence-electron chi connectivity index (χ1n) is 31.7. The third-order valence-electron chi connectivity index (χ3n) is 15.7.